The van der Waals surface area contributed by atoms with Gasteiger partial charge in [0.1, 0.15) is 10.6 Å². The van der Waals surface area contributed by atoms with Crippen molar-refractivity contribution in [2.75, 3.05) is 13.7 Å². The lowest BCUT2D eigenvalue weighted by atomic mass is 9.89. The van der Waals surface area contributed by atoms with E-state index >= 15 is 0 Å². The van der Waals surface area contributed by atoms with Crippen LogP contribution in [-0.2, 0) is 9.84 Å². The SMILES string of the molecule is COc1ccccc1S(=O)(=O)C1CCCCC1CN. The number of benzene rings is 1. The van der Waals surface area contributed by atoms with Gasteiger partial charge in [0.05, 0.1) is 12.4 Å². The summed E-state index contributed by atoms with van der Waals surface area (Å²) in [5.41, 5.74) is 5.74. The molecule has 2 atom stereocenters. The van der Waals surface area contributed by atoms with E-state index in [1.54, 1.807) is 24.3 Å². The van der Waals surface area contributed by atoms with Crippen molar-refractivity contribution in [3.63, 3.8) is 0 Å². The fourth-order valence-electron chi connectivity index (χ4n) is 2.87. The van der Waals surface area contributed by atoms with Gasteiger partial charge in [-0.2, -0.15) is 0 Å². The fraction of sp³-hybridized carbons (Fsp3) is 0.571. The van der Waals surface area contributed by atoms with Crippen molar-refractivity contribution in [3.05, 3.63) is 24.3 Å². The van der Waals surface area contributed by atoms with E-state index in [4.69, 9.17) is 10.5 Å². The van der Waals surface area contributed by atoms with E-state index in [1.807, 2.05) is 0 Å². The second-order valence-corrected chi connectivity index (χ2v) is 7.15. The summed E-state index contributed by atoms with van der Waals surface area (Å²) in [6, 6.07) is 6.82. The molecule has 1 aromatic rings. The second-order valence-electron chi connectivity index (χ2n) is 5.01. The monoisotopic (exact) mass is 283 g/mol. The molecule has 1 aromatic carbocycles. The Bertz CT molecular complexity index is 527. The molecule has 1 aliphatic rings. The maximum absolute atomic E-state index is 12.8. The zero-order valence-electron chi connectivity index (χ0n) is 11.2. The maximum atomic E-state index is 12.8. The van der Waals surface area contributed by atoms with Gasteiger partial charge in [0, 0.05) is 0 Å². The van der Waals surface area contributed by atoms with Crippen LogP contribution in [0.2, 0.25) is 0 Å². The minimum Gasteiger partial charge on any atom is -0.495 e. The topological polar surface area (TPSA) is 69.4 Å². The van der Waals surface area contributed by atoms with Crippen molar-refractivity contribution in [1.82, 2.24) is 0 Å². The molecule has 2 unspecified atom stereocenters. The number of ether oxygens (including phenoxy) is 1. The Kier molecular flexibility index (Phi) is 4.47. The highest BCUT2D eigenvalue weighted by molar-refractivity contribution is 7.92. The average molecular weight is 283 g/mol. The molecule has 0 spiro atoms. The molecule has 19 heavy (non-hydrogen) atoms. The lowest BCUT2D eigenvalue weighted by Crippen LogP contribution is -2.37. The Balaban J connectivity index is 2.40. The Morgan fingerprint density at radius 2 is 1.95 bits per heavy atom. The number of para-hydroxylation sites is 1. The average Bonchev–Trinajstić information content (AvgIpc) is 2.47. The normalized spacial score (nSPS) is 24.1. The first-order valence-corrected chi connectivity index (χ1v) is 8.23. The summed E-state index contributed by atoms with van der Waals surface area (Å²) in [4.78, 5) is 0.294. The molecule has 1 saturated carbocycles. The number of hydrogen-bond donors (Lipinski definition) is 1. The van der Waals surface area contributed by atoms with Crippen LogP contribution in [0.3, 0.4) is 0 Å². The summed E-state index contributed by atoms with van der Waals surface area (Å²) >= 11 is 0. The van der Waals surface area contributed by atoms with Crippen LogP contribution < -0.4 is 10.5 Å². The van der Waals surface area contributed by atoms with Gasteiger partial charge in [-0.25, -0.2) is 8.42 Å². The molecule has 0 heterocycles. The van der Waals surface area contributed by atoms with Crippen molar-refractivity contribution < 1.29 is 13.2 Å². The minimum atomic E-state index is -3.37. The van der Waals surface area contributed by atoms with E-state index in [0.717, 1.165) is 19.3 Å². The van der Waals surface area contributed by atoms with E-state index < -0.39 is 9.84 Å². The van der Waals surface area contributed by atoms with Crippen LogP contribution >= 0.6 is 0 Å². The Hall–Kier alpha value is -1.07. The second kappa shape index (κ2) is 5.92. The molecule has 2 rings (SSSR count). The first kappa shape index (κ1) is 14.3. The van der Waals surface area contributed by atoms with Gasteiger partial charge < -0.3 is 10.5 Å². The largest absolute Gasteiger partial charge is 0.495 e. The zero-order valence-corrected chi connectivity index (χ0v) is 12.0. The third kappa shape index (κ3) is 2.77. The summed E-state index contributed by atoms with van der Waals surface area (Å²) in [5, 5.41) is -0.373. The van der Waals surface area contributed by atoms with Crippen molar-refractivity contribution in [2.45, 2.75) is 35.8 Å². The highest BCUT2D eigenvalue weighted by Crippen LogP contribution is 2.35. The van der Waals surface area contributed by atoms with Gasteiger partial charge in [-0.05, 0) is 37.4 Å². The summed E-state index contributed by atoms with van der Waals surface area (Å²) in [7, 11) is -1.88. The third-order valence-corrected chi connectivity index (χ3v) is 6.28. The molecular formula is C14H21NO3S. The van der Waals surface area contributed by atoms with Crippen LogP contribution in [0.1, 0.15) is 25.7 Å². The van der Waals surface area contributed by atoms with Gasteiger partial charge >= 0.3 is 0 Å². The molecular weight excluding hydrogens is 262 g/mol. The Labute approximate surface area is 114 Å². The number of hydrogen-bond acceptors (Lipinski definition) is 4. The maximum Gasteiger partial charge on any atom is 0.185 e. The van der Waals surface area contributed by atoms with Crippen LogP contribution in [-0.4, -0.2) is 27.3 Å². The van der Waals surface area contributed by atoms with Crippen LogP contribution in [0.25, 0.3) is 0 Å². The summed E-state index contributed by atoms with van der Waals surface area (Å²) in [6.07, 6.45) is 3.62. The van der Waals surface area contributed by atoms with Gasteiger partial charge in [-0.1, -0.05) is 25.0 Å². The van der Waals surface area contributed by atoms with E-state index in [0.29, 0.717) is 23.6 Å². The van der Waals surface area contributed by atoms with Crippen LogP contribution in [0, 0.1) is 5.92 Å². The molecule has 2 N–H and O–H groups in total. The minimum absolute atomic E-state index is 0.0589. The van der Waals surface area contributed by atoms with E-state index in [1.165, 1.54) is 7.11 Å². The van der Waals surface area contributed by atoms with Crippen LogP contribution in [0.5, 0.6) is 5.75 Å². The van der Waals surface area contributed by atoms with E-state index in [-0.39, 0.29) is 11.2 Å². The molecule has 1 aliphatic carbocycles. The van der Waals surface area contributed by atoms with Crippen molar-refractivity contribution >= 4 is 9.84 Å². The quantitative estimate of drug-likeness (QED) is 0.917. The molecule has 0 amide bonds. The smallest absolute Gasteiger partial charge is 0.185 e. The van der Waals surface area contributed by atoms with E-state index in [2.05, 4.69) is 0 Å². The van der Waals surface area contributed by atoms with Gasteiger partial charge in [0.15, 0.2) is 9.84 Å². The summed E-state index contributed by atoms with van der Waals surface area (Å²) in [5.74, 6) is 0.479. The van der Waals surface area contributed by atoms with Crippen molar-refractivity contribution in [1.29, 1.82) is 0 Å². The van der Waals surface area contributed by atoms with Gasteiger partial charge in [-0.3, -0.25) is 0 Å². The number of sulfone groups is 1. The van der Waals surface area contributed by atoms with Crippen molar-refractivity contribution in [2.24, 2.45) is 11.7 Å². The first-order chi connectivity index (χ1) is 9.11. The molecule has 0 radical (unpaired) electrons. The predicted molar refractivity (Wildman–Crippen MR) is 75.0 cm³/mol. The molecule has 0 aliphatic heterocycles. The zero-order chi connectivity index (χ0) is 13.9. The predicted octanol–water partition coefficient (Wildman–Crippen LogP) is 1.99. The fourth-order valence-corrected chi connectivity index (χ4v) is 5.13. The number of rotatable bonds is 4. The first-order valence-electron chi connectivity index (χ1n) is 6.68. The molecule has 0 saturated heterocycles. The lowest BCUT2D eigenvalue weighted by Gasteiger charge is -2.30. The molecule has 106 valence electrons. The van der Waals surface area contributed by atoms with Gasteiger partial charge in [0.25, 0.3) is 0 Å². The van der Waals surface area contributed by atoms with Gasteiger partial charge in [0.2, 0.25) is 0 Å². The van der Waals surface area contributed by atoms with Crippen LogP contribution in [0.15, 0.2) is 29.2 Å². The summed E-state index contributed by atoms with van der Waals surface area (Å²) in [6.45, 7) is 0.430. The molecule has 5 heteroatoms. The van der Waals surface area contributed by atoms with Crippen molar-refractivity contribution in [3.8, 4) is 5.75 Å². The number of nitrogens with two attached hydrogens (primary N) is 1. The highest BCUT2D eigenvalue weighted by Gasteiger charge is 2.37. The summed E-state index contributed by atoms with van der Waals surface area (Å²) < 4.78 is 30.8. The van der Waals surface area contributed by atoms with E-state index in [9.17, 15) is 8.42 Å². The highest BCUT2D eigenvalue weighted by atomic mass is 32.2. The lowest BCUT2D eigenvalue weighted by molar-refractivity contribution is 0.360. The molecule has 1 fully saturated rings. The Morgan fingerprint density at radius 3 is 2.63 bits per heavy atom. The van der Waals surface area contributed by atoms with Gasteiger partial charge in [-0.15, -0.1) is 0 Å². The molecule has 0 bridgehead atoms. The third-order valence-electron chi connectivity index (χ3n) is 3.92. The van der Waals surface area contributed by atoms with Crippen LogP contribution in [0.4, 0.5) is 0 Å². The number of methoxy groups -OCH3 is 1. The molecule has 0 aromatic heterocycles. The molecule has 4 nitrogen and oxygen atoms in total. The Morgan fingerprint density at radius 1 is 1.26 bits per heavy atom. The standard InChI is InChI=1S/C14H21NO3S/c1-18-12-7-3-5-9-14(12)19(16,17)13-8-4-2-6-11(13)10-15/h3,5,7,9,11,13H,2,4,6,8,10,15H2,1H3.